The lowest BCUT2D eigenvalue weighted by molar-refractivity contribution is 1.05. The van der Waals surface area contributed by atoms with Gasteiger partial charge in [0.05, 0.1) is 10.7 Å². The first-order chi connectivity index (χ1) is 9.61. The minimum absolute atomic E-state index is 0.537. The van der Waals surface area contributed by atoms with Crippen LogP contribution in [0.5, 0.6) is 0 Å². The van der Waals surface area contributed by atoms with Crippen molar-refractivity contribution in [2.45, 2.75) is 32.7 Å². The molecule has 0 atom stereocenters. The maximum atomic E-state index is 6.30. The maximum absolute atomic E-state index is 6.30. The van der Waals surface area contributed by atoms with E-state index in [-0.39, 0.29) is 0 Å². The maximum Gasteiger partial charge on any atom is 0.224 e. The van der Waals surface area contributed by atoms with Crippen LogP contribution in [0.15, 0.2) is 24.4 Å². The third-order valence-corrected chi connectivity index (χ3v) is 3.55. The van der Waals surface area contributed by atoms with E-state index in [1.165, 1.54) is 12.8 Å². The fourth-order valence-electron chi connectivity index (χ4n) is 2.11. The van der Waals surface area contributed by atoms with Crippen molar-refractivity contribution in [2.75, 3.05) is 10.6 Å². The molecule has 1 aliphatic rings. The molecule has 1 heterocycles. The Morgan fingerprint density at radius 2 is 2.05 bits per heavy atom. The molecule has 1 saturated carbocycles. The van der Waals surface area contributed by atoms with Gasteiger partial charge in [-0.05, 0) is 49.9 Å². The summed E-state index contributed by atoms with van der Waals surface area (Å²) in [6.07, 6.45) is 4.14. The summed E-state index contributed by atoms with van der Waals surface area (Å²) in [4.78, 5) is 8.69. The Morgan fingerprint density at radius 1 is 1.25 bits per heavy atom. The van der Waals surface area contributed by atoms with E-state index in [0.29, 0.717) is 17.0 Å². The van der Waals surface area contributed by atoms with Crippen molar-refractivity contribution in [2.24, 2.45) is 0 Å². The lowest BCUT2D eigenvalue weighted by atomic mass is 10.1. The largest absolute Gasteiger partial charge is 0.351 e. The molecule has 1 fully saturated rings. The zero-order chi connectivity index (χ0) is 14.1. The topological polar surface area (TPSA) is 49.8 Å². The second-order valence-corrected chi connectivity index (χ2v) is 5.65. The standard InChI is InChI=1S/C15H17ClN4/c1-9-7-10(2)14(12(16)8-9)19-13-5-6-17-15(20-13)18-11-3-4-11/h5-8,11H,3-4H2,1-2H3,(H2,17,18,19,20). The van der Waals surface area contributed by atoms with Gasteiger partial charge in [0, 0.05) is 12.2 Å². The number of nitrogens with zero attached hydrogens (tertiary/aromatic N) is 2. The third kappa shape index (κ3) is 3.02. The highest BCUT2D eigenvalue weighted by molar-refractivity contribution is 6.33. The van der Waals surface area contributed by atoms with Gasteiger partial charge >= 0.3 is 0 Å². The zero-order valence-electron chi connectivity index (χ0n) is 11.6. The van der Waals surface area contributed by atoms with Crippen LogP contribution in [0, 0.1) is 13.8 Å². The van der Waals surface area contributed by atoms with Crippen LogP contribution in [-0.2, 0) is 0 Å². The SMILES string of the molecule is Cc1cc(C)c(Nc2ccnc(NC3CC3)n2)c(Cl)c1. The van der Waals surface area contributed by atoms with E-state index in [2.05, 4.69) is 26.7 Å². The molecule has 5 heteroatoms. The molecule has 2 aromatic rings. The molecule has 1 aromatic carbocycles. The monoisotopic (exact) mass is 288 g/mol. The fraction of sp³-hybridized carbons (Fsp3) is 0.333. The normalized spacial score (nSPS) is 14.2. The van der Waals surface area contributed by atoms with Crippen molar-refractivity contribution in [3.63, 3.8) is 0 Å². The van der Waals surface area contributed by atoms with E-state index >= 15 is 0 Å². The number of aromatic nitrogens is 2. The van der Waals surface area contributed by atoms with Gasteiger partial charge < -0.3 is 10.6 Å². The van der Waals surface area contributed by atoms with Gasteiger partial charge in [-0.2, -0.15) is 4.98 Å². The lowest BCUT2D eigenvalue weighted by Gasteiger charge is -2.12. The summed E-state index contributed by atoms with van der Waals surface area (Å²) in [7, 11) is 0. The minimum atomic E-state index is 0.537. The van der Waals surface area contributed by atoms with Crippen LogP contribution in [0.4, 0.5) is 17.5 Å². The first-order valence-corrected chi connectivity index (χ1v) is 7.13. The number of aryl methyl sites for hydroxylation is 2. The average Bonchev–Trinajstić information content (AvgIpc) is 3.18. The Hall–Kier alpha value is -1.81. The first-order valence-electron chi connectivity index (χ1n) is 6.75. The van der Waals surface area contributed by atoms with E-state index in [1.807, 2.05) is 26.0 Å². The third-order valence-electron chi connectivity index (χ3n) is 3.25. The van der Waals surface area contributed by atoms with Crippen LogP contribution < -0.4 is 10.6 Å². The van der Waals surface area contributed by atoms with Gasteiger partial charge in [-0.25, -0.2) is 4.98 Å². The fourth-order valence-corrected chi connectivity index (χ4v) is 2.48. The van der Waals surface area contributed by atoms with Crippen molar-refractivity contribution < 1.29 is 0 Å². The molecule has 0 radical (unpaired) electrons. The smallest absolute Gasteiger partial charge is 0.224 e. The van der Waals surface area contributed by atoms with Crippen molar-refractivity contribution >= 4 is 29.1 Å². The van der Waals surface area contributed by atoms with Crippen molar-refractivity contribution in [1.29, 1.82) is 0 Å². The van der Waals surface area contributed by atoms with E-state index in [1.54, 1.807) is 6.20 Å². The van der Waals surface area contributed by atoms with Crippen LogP contribution in [0.25, 0.3) is 0 Å². The van der Waals surface area contributed by atoms with Gasteiger partial charge in [0.25, 0.3) is 0 Å². The second-order valence-electron chi connectivity index (χ2n) is 5.25. The zero-order valence-corrected chi connectivity index (χ0v) is 12.3. The molecular formula is C15H17ClN4. The van der Waals surface area contributed by atoms with Gasteiger partial charge in [-0.15, -0.1) is 0 Å². The summed E-state index contributed by atoms with van der Waals surface area (Å²) in [5.41, 5.74) is 3.15. The Kier molecular flexibility index (Phi) is 3.49. The molecule has 0 unspecified atom stereocenters. The van der Waals surface area contributed by atoms with Gasteiger partial charge in [0.15, 0.2) is 0 Å². The molecule has 104 valence electrons. The highest BCUT2D eigenvalue weighted by Crippen LogP contribution is 2.30. The number of anilines is 3. The van der Waals surface area contributed by atoms with Gasteiger partial charge in [0.1, 0.15) is 5.82 Å². The van der Waals surface area contributed by atoms with Crippen molar-refractivity contribution in [3.05, 3.63) is 40.5 Å². The lowest BCUT2D eigenvalue weighted by Crippen LogP contribution is -2.06. The summed E-state index contributed by atoms with van der Waals surface area (Å²) in [6.45, 7) is 4.07. The average molecular weight is 289 g/mol. The van der Waals surface area contributed by atoms with Gasteiger partial charge in [-0.1, -0.05) is 17.7 Å². The summed E-state index contributed by atoms with van der Waals surface area (Å²) in [6, 6.07) is 6.42. The number of benzene rings is 1. The predicted octanol–water partition coefficient (Wildman–Crippen LogP) is 4.06. The minimum Gasteiger partial charge on any atom is -0.351 e. The van der Waals surface area contributed by atoms with Crippen LogP contribution in [-0.4, -0.2) is 16.0 Å². The molecule has 0 bridgehead atoms. The van der Waals surface area contributed by atoms with Crippen LogP contribution in [0.2, 0.25) is 5.02 Å². The highest BCUT2D eigenvalue weighted by Gasteiger charge is 2.21. The molecule has 2 N–H and O–H groups in total. The number of halogens is 1. The molecule has 1 aromatic heterocycles. The summed E-state index contributed by atoms with van der Waals surface area (Å²) < 4.78 is 0. The summed E-state index contributed by atoms with van der Waals surface area (Å²) >= 11 is 6.30. The van der Waals surface area contributed by atoms with Gasteiger partial charge in [0.2, 0.25) is 5.95 Å². The number of hydrogen-bond acceptors (Lipinski definition) is 4. The number of rotatable bonds is 4. The molecule has 0 aliphatic heterocycles. The molecule has 0 amide bonds. The van der Waals surface area contributed by atoms with Crippen LogP contribution in [0.1, 0.15) is 24.0 Å². The van der Waals surface area contributed by atoms with E-state index < -0.39 is 0 Å². The molecule has 3 rings (SSSR count). The van der Waals surface area contributed by atoms with Gasteiger partial charge in [-0.3, -0.25) is 0 Å². The van der Waals surface area contributed by atoms with E-state index in [0.717, 1.165) is 22.6 Å². The van der Waals surface area contributed by atoms with Crippen LogP contribution in [0.3, 0.4) is 0 Å². The van der Waals surface area contributed by atoms with Crippen LogP contribution >= 0.6 is 11.6 Å². The number of nitrogens with one attached hydrogen (secondary N) is 2. The second kappa shape index (κ2) is 5.29. The molecule has 0 saturated heterocycles. The molecule has 1 aliphatic carbocycles. The Labute approximate surface area is 123 Å². The first kappa shape index (κ1) is 13.2. The highest BCUT2D eigenvalue weighted by atomic mass is 35.5. The Morgan fingerprint density at radius 3 is 2.75 bits per heavy atom. The van der Waals surface area contributed by atoms with Crippen molar-refractivity contribution in [1.82, 2.24) is 9.97 Å². The Bertz CT molecular complexity index is 615. The summed E-state index contributed by atoms with van der Waals surface area (Å²) in [5.74, 6) is 1.41. The number of hydrogen-bond donors (Lipinski definition) is 2. The molecular weight excluding hydrogens is 272 g/mol. The van der Waals surface area contributed by atoms with E-state index in [9.17, 15) is 0 Å². The Balaban J connectivity index is 1.83. The summed E-state index contributed by atoms with van der Waals surface area (Å²) in [5, 5.41) is 7.27. The molecule has 20 heavy (non-hydrogen) atoms. The molecule has 4 nitrogen and oxygen atoms in total. The predicted molar refractivity (Wildman–Crippen MR) is 82.9 cm³/mol. The quantitative estimate of drug-likeness (QED) is 0.890. The molecule has 0 spiro atoms. The van der Waals surface area contributed by atoms with Crippen molar-refractivity contribution in [3.8, 4) is 0 Å². The van der Waals surface area contributed by atoms with E-state index in [4.69, 9.17) is 11.6 Å².